The van der Waals surface area contributed by atoms with Gasteiger partial charge < -0.3 is 15.0 Å². The monoisotopic (exact) mass is 404 g/mol. The molecule has 1 N–H and O–H groups in total. The van der Waals surface area contributed by atoms with Gasteiger partial charge in [0.15, 0.2) is 0 Å². The van der Waals surface area contributed by atoms with Gasteiger partial charge >= 0.3 is 6.09 Å². The Morgan fingerprint density at radius 3 is 2.65 bits per heavy atom. The van der Waals surface area contributed by atoms with Crippen LogP contribution in [0.3, 0.4) is 0 Å². The van der Waals surface area contributed by atoms with E-state index in [0.717, 1.165) is 21.5 Å². The summed E-state index contributed by atoms with van der Waals surface area (Å²) in [6.07, 6.45) is 0.637. The minimum atomic E-state index is -0.472. The molecule has 0 aliphatic rings. The van der Waals surface area contributed by atoms with Gasteiger partial charge in [-0.05, 0) is 51.0 Å². The van der Waals surface area contributed by atoms with E-state index in [4.69, 9.17) is 16.3 Å². The minimum Gasteiger partial charge on any atom is -0.444 e. The number of nitrogens with one attached hydrogen (secondary N) is 1. The first kappa shape index (κ1) is 20.3. The quantitative estimate of drug-likeness (QED) is 0.660. The average Bonchev–Trinajstić information content (AvgIpc) is 2.43. The van der Waals surface area contributed by atoms with Crippen LogP contribution in [0.4, 0.5) is 4.79 Å². The van der Waals surface area contributed by atoms with Gasteiger partial charge in [0.1, 0.15) is 5.60 Å². The van der Waals surface area contributed by atoms with Crippen molar-refractivity contribution in [2.45, 2.75) is 46.3 Å². The molecule has 0 spiro atoms. The molecule has 0 fully saturated rings. The molecule has 0 saturated heterocycles. The smallest absolute Gasteiger partial charge is 0.410 e. The van der Waals surface area contributed by atoms with Crippen LogP contribution in [0.2, 0.25) is 5.02 Å². The van der Waals surface area contributed by atoms with E-state index in [-0.39, 0.29) is 6.09 Å². The molecule has 0 bridgehead atoms. The van der Waals surface area contributed by atoms with Crippen molar-refractivity contribution in [2.24, 2.45) is 0 Å². The maximum absolute atomic E-state index is 12.2. The van der Waals surface area contributed by atoms with Crippen LogP contribution in [-0.2, 0) is 11.3 Å². The Morgan fingerprint density at radius 2 is 2.04 bits per heavy atom. The van der Waals surface area contributed by atoms with E-state index in [9.17, 15) is 4.79 Å². The van der Waals surface area contributed by atoms with Gasteiger partial charge in [-0.3, -0.25) is 0 Å². The summed E-state index contributed by atoms with van der Waals surface area (Å²) in [5.41, 5.74) is 0.556. The first-order valence-corrected chi connectivity index (χ1v) is 9.02. The third-order valence-corrected chi connectivity index (χ3v) is 3.89. The number of nitrogens with zero attached hydrogens (tertiary/aromatic N) is 1. The molecule has 130 valence electrons. The van der Waals surface area contributed by atoms with E-state index < -0.39 is 5.60 Å². The summed E-state index contributed by atoms with van der Waals surface area (Å²) in [6.45, 7) is 10.3. The van der Waals surface area contributed by atoms with E-state index in [2.05, 4.69) is 21.2 Å². The third-order valence-electron chi connectivity index (χ3n) is 3.03. The second-order valence-electron chi connectivity index (χ2n) is 6.38. The second kappa shape index (κ2) is 9.50. The molecule has 1 aromatic carbocycles. The van der Waals surface area contributed by atoms with Crippen LogP contribution in [0.25, 0.3) is 0 Å². The maximum Gasteiger partial charge on any atom is 0.410 e. The van der Waals surface area contributed by atoms with Crippen molar-refractivity contribution >= 4 is 33.6 Å². The second-order valence-corrected chi connectivity index (χ2v) is 7.70. The fourth-order valence-corrected chi connectivity index (χ4v) is 2.60. The summed E-state index contributed by atoms with van der Waals surface area (Å²) >= 11 is 9.61. The summed E-state index contributed by atoms with van der Waals surface area (Å²) < 4.78 is 6.43. The SMILES string of the molecule is CCCN(CCNCc1cc(Br)ccc1Cl)C(=O)OC(C)(C)C. The van der Waals surface area contributed by atoms with Gasteiger partial charge in [-0.1, -0.05) is 34.5 Å². The van der Waals surface area contributed by atoms with Crippen molar-refractivity contribution < 1.29 is 9.53 Å². The predicted octanol–water partition coefficient (Wildman–Crippen LogP) is 4.84. The Morgan fingerprint density at radius 1 is 1.35 bits per heavy atom. The molecule has 1 amide bonds. The highest BCUT2D eigenvalue weighted by molar-refractivity contribution is 9.10. The summed E-state index contributed by atoms with van der Waals surface area (Å²) in [6, 6.07) is 5.77. The van der Waals surface area contributed by atoms with Gasteiger partial charge in [0, 0.05) is 35.7 Å². The Kier molecular flexibility index (Phi) is 8.37. The van der Waals surface area contributed by atoms with Crippen molar-refractivity contribution in [3.8, 4) is 0 Å². The van der Waals surface area contributed by atoms with Crippen LogP contribution in [0.1, 0.15) is 39.7 Å². The standard InChI is InChI=1S/C17H26BrClN2O2/c1-5-9-21(16(22)23-17(2,3)4)10-8-20-12-13-11-14(18)6-7-15(13)19/h6-7,11,20H,5,8-10,12H2,1-4H3. The molecule has 6 heteroatoms. The van der Waals surface area contributed by atoms with Crippen molar-refractivity contribution in [1.82, 2.24) is 10.2 Å². The lowest BCUT2D eigenvalue weighted by atomic mass is 10.2. The molecule has 0 aliphatic heterocycles. The van der Waals surface area contributed by atoms with Gasteiger partial charge in [0.25, 0.3) is 0 Å². The first-order valence-electron chi connectivity index (χ1n) is 7.85. The van der Waals surface area contributed by atoms with Gasteiger partial charge in [-0.2, -0.15) is 0 Å². The number of ether oxygens (including phenoxy) is 1. The molecular formula is C17H26BrClN2O2. The number of amides is 1. The number of halogens is 2. The maximum atomic E-state index is 12.2. The Hall–Kier alpha value is -0.780. The lowest BCUT2D eigenvalue weighted by molar-refractivity contribution is 0.0252. The molecule has 4 nitrogen and oxygen atoms in total. The van der Waals surface area contributed by atoms with Crippen LogP contribution >= 0.6 is 27.5 Å². The highest BCUT2D eigenvalue weighted by Crippen LogP contribution is 2.20. The minimum absolute atomic E-state index is 0.262. The zero-order valence-electron chi connectivity index (χ0n) is 14.3. The number of hydrogen-bond donors (Lipinski definition) is 1. The van der Waals surface area contributed by atoms with Gasteiger partial charge in [-0.15, -0.1) is 0 Å². The topological polar surface area (TPSA) is 41.6 Å². The highest BCUT2D eigenvalue weighted by Gasteiger charge is 2.21. The largest absolute Gasteiger partial charge is 0.444 e. The van der Waals surface area contributed by atoms with E-state index in [1.807, 2.05) is 45.9 Å². The first-order chi connectivity index (χ1) is 10.7. The van der Waals surface area contributed by atoms with Crippen LogP contribution in [0, 0.1) is 0 Å². The Balaban J connectivity index is 2.46. The number of benzene rings is 1. The number of carbonyl (C=O) groups is 1. The van der Waals surface area contributed by atoms with Gasteiger partial charge in [0.2, 0.25) is 0 Å². The van der Waals surface area contributed by atoms with Crippen LogP contribution in [0.5, 0.6) is 0 Å². The zero-order valence-corrected chi connectivity index (χ0v) is 16.6. The van der Waals surface area contributed by atoms with Crippen LogP contribution in [0.15, 0.2) is 22.7 Å². The average molecular weight is 406 g/mol. The van der Waals surface area contributed by atoms with Crippen molar-refractivity contribution in [3.05, 3.63) is 33.3 Å². The molecule has 23 heavy (non-hydrogen) atoms. The predicted molar refractivity (Wildman–Crippen MR) is 99.0 cm³/mol. The van der Waals surface area contributed by atoms with E-state index >= 15 is 0 Å². The fourth-order valence-electron chi connectivity index (χ4n) is 2.01. The van der Waals surface area contributed by atoms with Crippen molar-refractivity contribution in [2.75, 3.05) is 19.6 Å². The lowest BCUT2D eigenvalue weighted by Gasteiger charge is -2.27. The lowest BCUT2D eigenvalue weighted by Crippen LogP contribution is -2.40. The Bertz CT molecular complexity index is 518. The zero-order chi connectivity index (χ0) is 17.5. The van der Waals surface area contributed by atoms with Crippen molar-refractivity contribution in [1.29, 1.82) is 0 Å². The van der Waals surface area contributed by atoms with E-state index in [0.29, 0.717) is 26.2 Å². The van der Waals surface area contributed by atoms with E-state index in [1.54, 1.807) is 4.90 Å². The molecule has 0 aromatic heterocycles. The third kappa shape index (κ3) is 8.04. The van der Waals surface area contributed by atoms with Gasteiger partial charge in [-0.25, -0.2) is 4.79 Å². The summed E-state index contributed by atoms with van der Waals surface area (Å²) in [5, 5.41) is 4.06. The molecular weight excluding hydrogens is 380 g/mol. The summed E-state index contributed by atoms with van der Waals surface area (Å²) in [4.78, 5) is 13.9. The highest BCUT2D eigenvalue weighted by atomic mass is 79.9. The molecule has 0 radical (unpaired) electrons. The van der Waals surface area contributed by atoms with Gasteiger partial charge in [0.05, 0.1) is 0 Å². The van der Waals surface area contributed by atoms with E-state index in [1.165, 1.54) is 0 Å². The molecule has 0 unspecified atom stereocenters. The molecule has 0 saturated carbocycles. The van der Waals surface area contributed by atoms with Crippen LogP contribution in [-0.4, -0.2) is 36.2 Å². The summed E-state index contributed by atoms with van der Waals surface area (Å²) in [5.74, 6) is 0. The number of rotatable bonds is 7. The molecule has 0 heterocycles. The van der Waals surface area contributed by atoms with Crippen LogP contribution < -0.4 is 5.32 Å². The molecule has 1 aromatic rings. The molecule has 0 aliphatic carbocycles. The molecule has 1 rings (SSSR count). The summed E-state index contributed by atoms with van der Waals surface area (Å²) in [7, 11) is 0. The number of carbonyl (C=O) groups excluding carboxylic acids is 1. The molecule has 0 atom stereocenters. The van der Waals surface area contributed by atoms with Crippen molar-refractivity contribution in [3.63, 3.8) is 0 Å². The number of hydrogen-bond acceptors (Lipinski definition) is 3. The normalized spacial score (nSPS) is 11.4. The fraction of sp³-hybridized carbons (Fsp3) is 0.588. The Labute approximate surface area is 152 Å².